The molecule has 2 aromatic carbocycles. The van der Waals surface area contributed by atoms with Gasteiger partial charge < -0.3 is 10.5 Å². The van der Waals surface area contributed by atoms with E-state index < -0.39 is 0 Å². The fourth-order valence-corrected chi connectivity index (χ4v) is 2.71. The van der Waals surface area contributed by atoms with Crippen LogP contribution in [0.15, 0.2) is 40.9 Å². The molecule has 0 spiro atoms. The standard InChI is InChI=1S/C18H22BrNO/c1-12-5-7-14(18(2,3)4)17(9-12)21-16-8-6-13(11-20)10-15(16)19/h5-10H,11,20H2,1-4H3. The van der Waals surface area contributed by atoms with Crippen molar-refractivity contribution in [3.63, 3.8) is 0 Å². The van der Waals surface area contributed by atoms with Gasteiger partial charge >= 0.3 is 0 Å². The maximum Gasteiger partial charge on any atom is 0.141 e. The van der Waals surface area contributed by atoms with Crippen molar-refractivity contribution >= 4 is 15.9 Å². The van der Waals surface area contributed by atoms with Crippen molar-refractivity contribution in [2.75, 3.05) is 0 Å². The summed E-state index contributed by atoms with van der Waals surface area (Å²) in [6, 6.07) is 12.3. The van der Waals surface area contributed by atoms with Gasteiger partial charge in [-0.15, -0.1) is 0 Å². The fourth-order valence-electron chi connectivity index (χ4n) is 2.21. The van der Waals surface area contributed by atoms with Gasteiger partial charge in [0.1, 0.15) is 11.5 Å². The van der Waals surface area contributed by atoms with Crippen LogP contribution in [0, 0.1) is 6.92 Å². The van der Waals surface area contributed by atoms with Crippen LogP contribution < -0.4 is 10.5 Å². The summed E-state index contributed by atoms with van der Waals surface area (Å²) < 4.78 is 7.08. The van der Waals surface area contributed by atoms with E-state index in [2.05, 4.69) is 61.8 Å². The van der Waals surface area contributed by atoms with Crippen molar-refractivity contribution < 1.29 is 4.74 Å². The lowest BCUT2D eigenvalue weighted by molar-refractivity contribution is 0.452. The van der Waals surface area contributed by atoms with E-state index in [1.165, 1.54) is 11.1 Å². The Morgan fingerprint density at radius 3 is 2.33 bits per heavy atom. The Morgan fingerprint density at radius 1 is 1.05 bits per heavy atom. The molecule has 0 heterocycles. The number of benzene rings is 2. The van der Waals surface area contributed by atoms with E-state index in [9.17, 15) is 0 Å². The summed E-state index contributed by atoms with van der Waals surface area (Å²) in [7, 11) is 0. The Kier molecular flexibility index (Phi) is 4.74. The first-order chi connectivity index (χ1) is 9.81. The number of nitrogens with two attached hydrogens (primary N) is 1. The van der Waals surface area contributed by atoms with E-state index in [0.29, 0.717) is 6.54 Å². The predicted octanol–water partition coefficient (Wildman–Crippen LogP) is 5.31. The summed E-state index contributed by atoms with van der Waals surface area (Å²) in [5.41, 5.74) is 9.16. The molecular formula is C18H22BrNO. The largest absolute Gasteiger partial charge is 0.456 e. The summed E-state index contributed by atoms with van der Waals surface area (Å²) in [6.07, 6.45) is 0. The molecule has 0 fully saturated rings. The van der Waals surface area contributed by atoms with Crippen molar-refractivity contribution in [1.82, 2.24) is 0 Å². The normalized spacial score (nSPS) is 11.5. The Balaban J connectivity index is 2.41. The van der Waals surface area contributed by atoms with Gasteiger partial charge in [0.25, 0.3) is 0 Å². The first-order valence-corrected chi connectivity index (χ1v) is 7.88. The van der Waals surface area contributed by atoms with E-state index in [1.54, 1.807) is 0 Å². The van der Waals surface area contributed by atoms with Crippen LogP contribution in [0.3, 0.4) is 0 Å². The zero-order chi connectivity index (χ0) is 15.6. The second kappa shape index (κ2) is 6.20. The molecule has 21 heavy (non-hydrogen) atoms. The molecule has 112 valence electrons. The van der Waals surface area contributed by atoms with E-state index >= 15 is 0 Å². The van der Waals surface area contributed by atoms with Gasteiger partial charge in [-0.25, -0.2) is 0 Å². The van der Waals surface area contributed by atoms with Crippen molar-refractivity contribution in [3.05, 3.63) is 57.6 Å². The molecule has 0 unspecified atom stereocenters. The third kappa shape index (κ3) is 3.86. The molecule has 0 saturated carbocycles. The second-order valence-corrected chi connectivity index (χ2v) is 7.17. The van der Waals surface area contributed by atoms with Crippen LogP contribution >= 0.6 is 15.9 Å². The topological polar surface area (TPSA) is 35.2 Å². The molecule has 0 saturated heterocycles. The highest BCUT2D eigenvalue weighted by Gasteiger charge is 2.19. The second-order valence-electron chi connectivity index (χ2n) is 6.32. The van der Waals surface area contributed by atoms with Gasteiger partial charge in [-0.2, -0.15) is 0 Å². The summed E-state index contributed by atoms with van der Waals surface area (Å²) >= 11 is 3.56. The maximum absolute atomic E-state index is 6.16. The minimum atomic E-state index is 0.0344. The number of rotatable bonds is 3. The summed E-state index contributed by atoms with van der Waals surface area (Å²) in [4.78, 5) is 0. The van der Waals surface area contributed by atoms with E-state index in [0.717, 1.165) is 21.5 Å². The molecule has 2 nitrogen and oxygen atoms in total. The van der Waals surface area contributed by atoms with Gasteiger partial charge in [-0.3, -0.25) is 0 Å². The molecule has 0 aromatic heterocycles. The molecule has 0 aliphatic rings. The SMILES string of the molecule is Cc1ccc(C(C)(C)C)c(Oc2ccc(CN)cc2Br)c1. The van der Waals surface area contributed by atoms with Crippen LogP contribution in [-0.2, 0) is 12.0 Å². The Labute approximate surface area is 135 Å². The molecule has 0 aliphatic carbocycles. The van der Waals surface area contributed by atoms with Crippen LogP contribution in [-0.4, -0.2) is 0 Å². The predicted molar refractivity (Wildman–Crippen MR) is 92.0 cm³/mol. The van der Waals surface area contributed by atoms with Crippen molar-refractivity contribution in [2.45, 2.75) is 39.7 Å². The smallest absolute Gasteiger partial charge is 0.141 e. The number of ether oxygens (including phenoxy) is 1. The minimum absolute atomic E-state index is 0.0344. The van der Waals surface area contributed by atoms with E-state index in [1.807, 2.05) is 18.2 Å². The molecule has 0 atom stereocenters. The molecule has 2 aromatic rings. The third-order valence-electron chi connectivity index (χ3n) is 3.40. The zero-order valence-electron chi connectivity index (χ0n) is 13.0. The maximum atomic E-state index is 6.16. The monoisotopic (exact) mass is 347 g/mol. The molecule has 0 aliphatic heterocycles. The average Bonchev–Trinajstić information content (AvgIpc) is 2.39. The van der Waals surface area contributed by atoms with Crippen molar-refractivity contribution in [3.8, 4) is 11.5 Å². The van der Waals surface area contributed by atoms with Crippen molar-refractivity contribution in [2.24, 2.45) is 5.73 Å². The first kappa shape index (κ1) is 16.1. The Bertz CT molecular complexity index is 644. The van der Waals surface area contributed by atoms with Crippen LogP contribution in [0.25, 0.3) is 0 Å². The number of hydrogen-bond donors (Lipinski definition) is 1. The molecular weight excluding hydrogens is 326 g/mol. The highest BCUT2D eigenvalue weighted by molar-refractivity contribution is 9.10. The van der Waals surface area contributed by atoms with E-state index in [4.69, 9.17) is 10.5 Å². The molecule has 2 rings (SSSR count). The highest BCUT2D eigenvalue weighted by Crippen LogP contribution is 2.37. The number of hydrogen-bond acceptors (Lipinski definition) is 2. The molecule has 0 radical (unpaired) electrons. The van der Waals surface area contributed by atoms with E-state index in [-0.39, 0.29) is 5.41 Å². The lowest BCUT2D eigenvalue weighted by atomic mass is 9.86. The van der Waals surface area contributed by atoms with Gasteiger partial charge in [-0.05, 0) is 57.6 Å². The van der Waals surface area contributed by atoms with Crippen LogP contribution in [0.4, 0.5) is 0 Å². The molecule has 0 amide bonds. The Morgan fingerprint density at radius 2 is 1.76 bits per heavy atom. The van der Waals surface area contributed by atoms with Gasteiger partial charge in [0.15, 0.2) is 0 Å². The van der Waals surface area contributed by atoms with Crippen LogP contribution in [0.1, 0.15) is 37.5 Å². The van der Waals surface area contributed by atoms with Crippen molar-refractivity contribution in [1.29, 1.82) is 0 Å². The average molecular weight is 348 g/mol. The number of halogens is 1. The van der Waals surface area contributed by atoms with Gasteiger partial charge in [0.05, 0.1) is 4.47 Å². The molecule has 2 N–H and O–H groups in total. The Hall–Kier alpha value is -1.32. The zero-order valence-corrected chi connectivity index (χ0v) is 14.6. The number of aryl methyl sites for hydroxylation is 1. The summed E-state index contributed by atoms with van der Waals surface area (Å²) in [5, 5.41) is 0. The summed E-state index contributed by atoms with van der Waals surface area (Å²) in [5.74, 6) is 1.71. The lowest BCUT2D eigenvalue weighted by Crippen LogP contribution is -2.12. The lowest BCUT2D eigenvalue weighted by Gasteiger charge is -2.23. The summed E-state index contributed by atoms with van der Waals surface area (Å²) in [6.45, 7) is 9.17. The molecule has 0 bridgehead atoms. The quantitative estimate of drug-likeness (QED) is 0.816. The minimum Gasteiger partial charge on any atom is -0.456 e. The van der Waals surface area contributed by atoms with Gasteiger partial charge in [0.2, 0.25) is 0 Å². The third-order valence-corrected chi connectivity index (χ3v) is 4.02. The highest BCUT2D eigenvalue weighted by atomic mass is 79.9. The van der Waals surface area contributed by atoms with Crippen LogP contribution in [0.2, 0.25) is 0 Å². The van der Waals surface area contributed by atoms with Gasteiger partial charge in [-0.1, -0.05) is 39.0 Å². The first-order valence-electron chi connectivity index (χ1n) is 7.09. The van der Waals surface area contributed by atoms with Gasteiger partial charge in [0, 0.05) is 12.1 Å². The van der Waals surface area contributed by atoms with Crippen LogP contribution in [0.5, 0.6) is 11.5 Å². The fraction of sp³-hybridized carbons (Fsp3) is 0.333. The molecule has 3 heteroatoms.